The van der Waals surface area contributed by atoms with Gasteiger partial charge in [-0.1, -0.05) is 13.8 Å². The molecule has 0 fully saturated rings. The number of carbonyl (C=O) groups excluding carboxylic acids is 5. The molecule has 0 radical (unpaired) electrons. The minimum atomic E-state index is -1.46. The molecule has 0 spiro atoms. The standard InChI is InChI=1S/C18H32N6O7S/c1-8(2)14(24-15(27)9(19)6-12(20)25)17(29)23-11(7-13(21)26)16(28)22-10(18(30)31)4-5-32-3/h8-11,14H,4-7,19H2,1-3H3,(H2,20,25)(H2,21,26)(H,22,28)(H,23,29)(H,24,27)(H,30,31). The van der Waals surface area contributed by atoms with Crippen molar-refractivity contribution in [1.29, 1.82) is 0 Å². The maximum Gasteiger partial charge on any atom is 0.326 e. The maximum atomic E-state index is 12.7. The van der Waals surface area contributed by atoms with E-state index in [9.17, 15) is 33.9 Å². The Kier molecular flexibility index (Phi) is 13.0. The van der Waals surface area contributed by atoms with Crippen LogP contribution in [0.15, 0.2) is 0 Å². The van der Waals surface area contributed by atoms with E-state index < -0.39 is 78.4 Å². The molecule has 13 nitrogen and oxygen atoms in total. The molecule has 0 heterocycles. The highest BCUT2D eigenvalue weighted by Crippen LogP contribution is 2.06. The topological polar surface area (TPSA) is 237 Å². The van der Waals surface area contributed by atoms with Crippen molar-refractivity contribution in [3.63, 3.8) is 0 Å². The van der Waals surface area contributed by atoms with Crippen molar-refractivity contribution in [2.75, 3.05) is 12.0 Å². The molecule has 5 amide bonds. The third-order valence-electron chi connectivity index (χ3n) is 4.27. The zero-order valence-electron chi connectivity index (χ0n) is 18.3. The number of nitrogens with two attached hydrogens (primary N) is 3. The maximum absolute atomic E-state index is 12.7. The first kappa shape index (κ1) is 29.1. The van der Waals surface area contributed by atoms with Gasteiger partial charge in [-0.2, -0.15) is 11.8 Å². The summed E-state index contributed by atoms with van der Waals surface area (Å²) in [6, 6.07) is -5.14. The SMILES string of the molecule is CSCCC(NC(=O)C(CC(N)=O)NC(=O)C(NC(=O)C(N)CC(N)=O)C(C)C)C(=O)O. The van der Waals surface area contributed by atoms with Crippen LogP contribution in [-0.4, -0.2) is 76.8 Å². The average Bonchev–Trinajstić information content (AvgIpc) is 2.66. The fourth-order valence-corrected chi connectivity index (χ4v) is 3.01. The lowest BCUT2D eigenvalue weighted by molar-refractivity contribution is -0.142. The molecule has 0 aromatic rings. The lowest BCUT2D eigenvalue weighted by Crippen LogP contribution is -2.59. The molecular formula is C18H32N6O7S. The van der Waals surface area contributed by atoms with Crippen LogP contribution < -0.4 is 33.2 Å². The van der Waals surface area contributed by atoms with Crippen LogP contribution in [-0.2, 0) is 28.8 Å². The molecule has 0 aliphatic heterocycles. The van der Waals surface area contributed by atoms with Crippen molar-refractivity contribution in [3.05, 3.63) is 0 Å². The Morgan fingerprint density at radius 1 is 0.844 bits per heavy atom. The van der Waals surface area contributed by atoms with Crippen LogP contribution in [0.5, 0.6) is 0 Å². The summed E-state index contributed by atoms with van der Waals surface area (Å²) in [5.74, 6) is -5.53. The fourth-order valence-electron chi connectivity index (χ4n) is 2.54. The van der Waals surface area contributed by atoms with Crippen molar-refractivity contribution in [2.24, 2.45) is 23.1 Å². The van der Waals surface area contributed by atoms with Crippen LogP contribution in [0.2, 0.25) is 0 Å². The number of aliphatic carboxylic acids is 1. The Balaban J connectivity index is 5.42. The third kappa shape index (κ3) is 10.9. The first-order valence-electron chi connectivity index (χ1n) is 9.75. The minimum absolute atomic E-state index is 0.127. The van der Waals surface area contributed by atoms with Gasteiger partial charge >= 0.3 is 5.97 Å². The monoisotopic (exact) mass is 476 g/mol. The van der Waals surface area contributed by atoms with Gasteiger partial charge in [-0.05, 0) is 24.3 Å². The summed E-state index contributed by atoms with van der Waals surface area (Å²) in [6.07, 6.45) is 0.873. The van der Waals surface area contributed by atoms with Crippen LogP contribution in [0.25, 0.3) is 0 Å². The van der Waals surface area contributed by atoms with Gasteiger partial charge in [0.1, 0.15) is 18.1 Å². The van der Waals surface area contributed by atoms with Gasteiger partial charge in [0.2, 0.25) is 29.5 Å². The molecule has 0 bridgehead atoms. The van der Waals surface area contributed by atoms with Crippen molar-refractivity contribution >= 4 is 47.3 Å². The van der Waals surface area contributed by atoms with Crippen LogP contribution in [0.1, 0.15) is 33.1 Å². The summed E-state index contributed by atoms with van der Waals surface area (Å²) in [5.41, 5.74) is 15.7. The largest absolute Gasteiger partial charge is 0.480 e. The smallest absolute Gasteiger partial charge is 0.326 e. The zero-order chi connectivity index (χ0) is 25.0. The van der Waals surface area contributed by atoms with Crippen molar-refractivity contribution in [1.82, 2.24) is 16.0 Å². The Hall–Kier alpha value is -2.87. The molecule has 0 saturated carbocycles. The van der Waals surface area contributed by atoms with E-state index in [4.69, 9.17) is 17.2 Å². The number of hydrogen-bond acceptors (Lipinski definition) is 8. The second-order valence-electron chi connectivity index (χ2n) is 7.42. The normalized spacial score (nSPS) is 14.5. The number of rotatable bonds is 15. The summed E-state index contributed by atoms with van der Waals surface area (Å²) < 4.78 is 0. The summed E-state index contributed by atoms with van der Waals surface area (Å²) >= 11 is 1.38. The van der Waals surface area contributed by atoms with Gasteiger partial charge in [-0.15, -0.1) is 0 Å². The van der Waals surface area contributed by atoms with Gasteiger partial charge < -0.3 is 38.3 Å². The van der Waals surface area contributed by atoms with Crippen molar-refractivity contribution in [3.8, 4) is 0 Å². The van der Waals surface area contributed by atoms with E-state index in [0.717, 1.165) is 0 Å². The molecule has 0 aromatic carbocycles. The number of amides is 5. The van der Waals surface area contributed by atoms with Gasteiger partial charge in [0.25, 0.3) is 0 Å². The Morgan fingerprint density at radius 3 is 1.81 bits per heavy atom. The first-order chi connectivity index (χ1) is 14.8. The second kappa shape index (κ2) is 14.2. The number of carboxylic acids is 1. The van der Waals surface area contributed by atoms with E-state index in [0.29, 0.717) is 5.75 Å². The lowest BCUT2D eigenvalue weighted by Gasteiger charge is -2.26. The molecule has 10 N–H and O–H groups in total. The van der Waals surface area contributed by atoms with Crippen LogP contribution in [0.4, 0.5) is 0 Å². The fraction of sp³-hybridized carbons (Fsp3) is 0.667. The molecule has 0 aliphatic rings. The predicted octanol–water partition coefficient (Wildman–Crippen LogP) is -2.99. The Labute approximate surface area is 189 Å². The number of primary amides is 2. The van der Waals surface area contributed by atoms with Crippen molar-refractivity contribution < 1.29 is 33.9 Å². The molecule has 4 unspecified atom stereocenters. The molecule has 14 heteroatoms. The zero-order valence-corrected chi connectivity index (χ0v) is 19.1. The predicted molar refractivity (Wildman–Crippen MR) is 117 cm³/mol. The Morgan fingerprint density at radius 2 is 1.38 bits per heavy atom. The van der Waals surface area contributed by atoms with E-state index in [2.05, 4.69) is 16.0 Å². The quantitative estimate of drug-likeness (QED) is 0.127. The third-order valence-corrected chi connectivity index (χ3v) is 4.91. The number of carbonyl (C=O) groups is 6. The molecular weight excluding hydrogens is 444 g/mol. The summed E-state index contributed by atoms with van der Waals surface area (Å²) in [7, 11) is 0. The van der Waals surface area contributed by atoms with Crippen molar-refractivity contribution in [2.45, 2.75) is 57.3 Å². The molecule has 0 aromatic heterocycles. The first-order valence-corrected chi connectivity index (χ1v) is 11.1. The Bertz CT molecular complexity index is 718. The van der Waals surface area contributed by atoms with Gasteiger partial charge in [-0.3, -0.25) is 24.0 Å². The second-order valence-corrected chi connectivity index (χ2v) is 8.41. The molecule has 32 heavy (non-hydrogen) atoms. The highest BCUT2D eigenvalue weighted by Gasteiger charge is 2.32. The van der Waals surface area contributed by atoms with Gasteiger partial charge in [0.05, 0.1) is 18.9 Å². The minimum Gasteiger partial charge on any atom is -0.480 e. The van der Waals surface area contributed by atoms with Gasteiger partial charge in [0, 0.05) is 0 Å². The summed E-state index contributed by atoms with van der Waals surface area (Å²) in [6.45, 7) is 3.21. The highest BCUT2D eigenvalue weighted by atomic mass is 32.2. The van der Waals surface area contributed by atoms with E-state index in [1.807, 2.05) is 0 Å². The number of carboxylic acid groups (broad SMARTS) is 1. The molecule has 0 rings (SSSR count). The van der Waals surface area contributed by atoms with Crippen LogP contribution in [0.3, 0.4) is 0 Å². The van der Waals surface area contributed by atoms with Gasteiger partial charge in [0.15, 0.2) is 0 Å². The van der Waals surface area contributed by atoms with Crippen LogP contribution in [0, 0.1) is 5.92 Å². The molecule has 0 saturated heterocycles. The molecule has 182 valence electrons. The number of nitrogens with one attached hydrogen (secondary N) is 3. The van der Waals surface area contributed by atoms with E-state index in [-0.39, 0.29) is 6.42 Å². The van der Waals surface area contributed by atoms with E-state index >= 15 is 0 Å². The van der Waals surface area contributed by atoms with Gasteiger partial charge in [-0.25, -0.2) is 4.79 Å². The summed E-state index contributed by atoms with van der Waals surface area (Å²) in [5, 5.41) is 16.2. The lowest BCUT2D eigenvalue weighted by atomic mass is 10.0. The highest BCUT2D eigenvalue weighted by molar-refractivity contribution is 7.98. The average molecular weight is 477 g/mol. The van der Waals surface area contributed by atoms with E-state index in [1.54, 1.807) is 20.1 Å². The van der Waals surface area contributed by atoms with E-state index in [1.165, 1.54) is 11.8 Å². The molecule has 0 aliphatic carbocycles. The number of hydrogen-bond donors (Lipinski definition) is 7. The molecule has 4 atom stereocenters. The summed E-state index contributed by atoms with van der Waals surface area (Å²) in [4.78, 5) is 71.2. The van der Waals surface area contributed by atoms with Crippen LogP contribution >= 0.6 is 11.8 Å². The number of thioether (sulfide) groups is 1.